The van der Waals surface area contributed by atoms with Crippen LogP contribution >= 0.6 is 0 Å². The van der Waals surface area contributed by atoms with Crippen LogP contribution in [0, 0.1) is 10.1 Å². The molecule has 2 aromatic carbocycles. The van der Waals surface area contributed by atoms with Crippen molar-refractivity contribution in [1.29, 1.82) is 0 Å². The Labute approximate surface area is 133 Å². The number of benzene rings is 2. The normalized spacial score (nSPS) is 13.1. The van der Waals surface area contributed by atoms with E-state index in [2.05, 4.69) is 5.32 Å². The zero-order chi connectivity index (χ0) is 16.8. The van der Waals surface area contributed by atoms with E-state index in [0.717, 1.165) is 5.56 Å². The first-order valence-corrected chi connectivity index (χ1v) is 7.24. The molecule has 23 heavy (non-hydrogen) atoms. The summed E-state index contributed by atoms with van der Waals surface area (Å²) in [5.74, 6) is -0.375. The van der Waals surface area contributed by atoms with Crippen LogP contribution in [0.1, 0.15) is 22.8 Å². The summed E-state index contributed by atoms with van der Waals surface area (Å²) in [6.07, 6.45) is -0.290. The predicted octanol–water partition coefficient (Wildman–Crippen LogP) is 2.32. The van der Waals surface area contributed by atoms with Crippen molar-refractivity contribution in [2.45, 2.75) is 25.5 Å². The number of carbonyl (C=O) groups excluding carboxylic acids is 1. The lowest BCUT2D eigenvalue weighted by Crippen LogP contribution is -2.42. The van der Waals surface area contributed by atoms with Gasteiger partial charge in [-0.1, -0.05) is 30.3 Å². The van der Waals surface area contributed by atoms with Crippen LogP contribution in [0.5, 0.6) is 0 Å². The van der Waals surface area contributed by atoms with Crippen molar-refractivity contribution in [3.63, 3.8) is 0 Å². The van der Waals surface area contributed by atoms with Crippen molar-refractivity contribution in [3.05, 3.63) is 75.8 Å². The molecule has 0 bridgehead atoms. The highest BCUT2D eigenvalue weighted by Gasteiger charge is 2.18. The molecule has 0 radical (unpaired) electrons. The monoisotopic (exact) mass is 314 g/mol. The summed E-state index contributed by atoms with van der Waals surface area (Å²) in [4.78, 5) is 22.2. The molecule has 6 nitrogen and oxygen atoms in total. The van der Waals surface area contributed by atoms with Gasteiger partial charge in [0.1, 0.15) is 0 Å². The lowest BCUT2D eigenvalue weighted by atomic mass is 10.0. The zero-order valence-corrected chi connectivity index (χ0v) is 12.7. The van der Waals surface area contributed by atoms with Crippen molar-refractivity contribution < 1.29 is 14.8 Å². The first-order valence-electron chi connectivity index (χ1n) is 7.24. The number of amides is 1. The second kappa shape index (κ2) is 7.51. The van der Waals surface area contributed by atoms with Crippen molar-refractivity contribution in [2.24, 2.45) is 0 Å². The van der Waals surface area contributed by atoms with Crippen LogP contribution in [-0.4, -0.2) is 28.1 Å². The van der Waals surface area contributed by atoms with Gasteiger partial charge < -0.3 is 10.4 Å². The first kappa shape index (κ1) is 16.6. The summed E-state index contributed by atoms with van der Waals surface area (Å²) in [6.45, 7) is 1.72. The molecule has 0 saturated heterocycles. The highest BCUT2D eigenvalue weighted by molar-refractivity contribution is 5.94. The SMILES string of the molecule is CC(NC(=O)c1ccc([N+](=O)[O-])cc1)C(O)Cc1ccccc1. The molecule has 2 unspecified atom stereocenters. The molecule has 0 aromatic heterocycles. The van der Waals surface area contributed by atoms with Gasteiger partial charge >= 0.3 is 0 Å². The molecule has 0 fully saturated rings. The third kappa shape index (κ3) is 4.62. The van der Waals surface area contributed by atoms with Gasteiger partial charge in [0.2, 0.25) is 0 Å². The van der Waals surface area contributed by atoms with Gasteiger partial charge in [-0.3, -0.25) is 14.9 Å². The number of aliphatic hydroxyl groups excluding tert-OH is 1. The summed E-state index contributed by atoms with van der Waals surface area (Å²) in [7, 11) is 0. The maximum atomic E-state index is 12.1. The molecule has 2 aromatic rings. The number of nitrogens with zero attached hydrogens (tertiary/aromatic N) is 1. The minimum atomic E-state index is -0.723. The average molecular weight is 314 g/mol. The van der Waals surface area contributed by atoms with Crippen LogP contribution in [0.15, 0.2) is 54.6 Å². The number of carbonyl (C=O) groups is 1. The molecule has 6 heteroatoms. The molecule has 1 amide bonds. The molecular formula is C17H18N2O4. The number of nitro benzene ring substituents is 1. The van der Waals surface area contributed by atoms with Crippen molar-refractivity contribution in [1.82, 2.24) is 5.32 Å². The first-order chi connectivity index (χ1) is 11.0. The van der Waals surface area contributed by atoms with Crippen LogP contribution in [0.3, 0.4) is 0 Å². The van der Waals surface area contributed by atoms with E-state index < -0.39 is 17.1 Å². The van der Waals surface area contributed by atoms with Crippen LogP contribution < -0.4 is 5.32 Å². The standard InChI is InChI=1S/C17H18N2O4/c1-12(16(20)11-13-5-3-2-4-6-13)18-17(21)14-7-9-15(10-8-14)19(22)23/h2-10,12,16,20H,11H2,1H3,(H,18,21). The minimum absolute atomic E-state index is 0.0706. The Bertz CT molecular complexity index is 671. The largest absolute Gasteiger partial charge is 0.391 e. The smallest absolute Gasteiger partial charge is 0.269 e. The van der Waals surface area contributed by atoms with Gasteiger partial charge in [0.15, 0.2) is 0 Å². The highest BCUT2D eigenvalue weighted by atomic mass is 16.6. The van der Waals surface area contributed by atoms with Crippen LogP contribution in [0.4, 0.5) is 5.69 Å². The summed E-state index contributed by atoms with van der Waals surface area (Å²) in [5, 5.41) is 23.5. The number of aliphatic hydroxyl groups is 1. The lowest BCUT2D eigenvalue weighted by molar-refractivity contribution is -0.384. The third-order valence-corrected chi connectivity index (χ3v) is 3.56. The van der Waals surface area contributed by atoms with Crippen LogP contribution in [0.2, 0.25) is 0 Å². The molecule has 120 valence electrons. The van der Waals surface area contributed by atoms with Crippen molar-refractivity contribution in [3.8, 4) is 0 Å². The maximum Gasteiger partial charge on any atom is 0.269 e. The Kier molecular flexibility index (Phi) is 5.43. The summed E-state index contributed by atoms with van der Waals surface area (Å²) >= 11 is 0. The van der Waals surface area contributed by atoms with E-state index in [9.17, 15) is 20.0 Å². The second-order valence-electron chi connectivity index (χ2n) is 5.32. The number of nitro groups is 1. The van der Waals surface area contributed by atoms with Crippen LogP contribution in [-0.2, 0) is 6.42 Å². The van der Waals surface area contributed by atoms with E-state index in [4.69, 9.17) is 0 Å². The zero-order valence-electron chi connectivity index (χ0n) is 12.7. The predicted molar refractivity (Wildman–Crippen MR) is 86.2 cm³/mol. The quantitative estimate of drug-likeness (QED) is 0.632. The van der Waals surface area contributed by atoms with Gasteiger partial charge in [-0.05, 0) is 24.6 Å². The van der Waals surface area contributed by atoms with Gasteiger partial charge in [-0.25, -0.2) is 0 Å². The van der Waals surface area contributed by atoms with Crippen molar-refractivity contribution in [2.75, 3.05) is 0 Å². The Morgan fingerprint density at radius 1 is 1.17 bits per heavy atom. The lowest BCUT2D eigenvalue weighted by Gasteiger charge is -2.20. The Hall–Kier alpha value is -2.73. The maximum absolute atomic E-state index is 12.1. The Morgan fingerprint density at radius 2 is 1.78 bits per heavy atom. The minimum Gasteiger partial charge on any atom is -0.391 e. The number of nitrogens with one attached hydrogen (secondary N) is 1. The summed E-state index contributed by atoms with van der Waals surface area (Å²) < 4.78 is 0. The topological polar surface area (TPSA) is 92.5 Å². The Morgan fingerprint density at radius 3 is 2.35 bits per heavy atom. The van der Waals surface area contributed by atoms with Gasteiger partial charge in [-0.15, -0.1) is 0 Å². The molecule has 0 aliphatic heterocycles. The van der Waals surface area contributed by atoms with E-state index >= 15 is 0 Å². The van der Waals surface area contributed by atoms with E-state index in [1.807, 2.05) is 30.3 Å². The van der Waals surface area contributed by atoms with E-state index in [1.165, 1.54) is 24.3 Å². The molecule has 0 spiro atoms. The molecule has 0 aliphatic rings. The van der Waals surface area contributed by atoms with E-state index in [1.54, 1.807) is 6.92 Å². The fourth-order valence-corrected chi connectivity index (χ4v) is 2.15. The second-order valence-corrected chi connectivity index (χ2v) is 5.32. The third-order valence-electron chi connectivity index (χ3n) is 3.56. The van der Waals surface area contributed by atoms with E-state index in [0.29, 0.717) is 12.0 Å². The Balaban J connectivity index is 1.94. The number of hydrogen-bond donors (Lipinski definition) is 2. The molecule has 2 atom stereocenters. The van der Waals surface area contributed by atoms with Crippen molar-refractivity contribution >= 4 is 11.6 Å². The van der Waals surface area contributed by atoms with Crippen LogP contribution in [0.25, 0.3) is 0 Å². The molecule has 0 aliphatic carbocycles. The molecular weight excluding hydrogens is 296 g/mol. The van der Waals surface area contributed by atoms with Gasteiger partial charge in [0.25, 0.3) is 11.6 Å². The summed E-state index contributed by atoms with van der Waals surface area (Å²) in [5.41, 5.74) is 1.23. The fraction of sp³-hybridized carbons (Fsp3) is 0.235. The average Bonchev–Trinajstić information content (AvgIpc) is 2.55. The van der Waals surface area contributed by atoms with Gasteiger partial charge in [0.05, 0.1) is 17.1 Å². The highest BCUT2D eigenvalue weighted by Crippen LogP contribution is 2.12. The van der Waals surface area contributed by atoms with E-state index in [-0.39, 0.29) is 11.6 Å². The number of rotatable bonds is 6. The fourth-order valence-electron chi connectivity index (χ4n) is 2.15. The molecule has 2 N–H and O–H groups in total. The molecule has 0 saturated carbocycles. The summed E-state index contributed by atoms with van der Waals surface area (Å²) in [6, 6.07) is 14.4. The number of hydrogen-bond acceptors (Lipinski definition) is 4. The molecule has 0 heterocycles. The van der Waals surface area contributed by atoms with Gasteiger partial charge in [0, 0.05) is 24.1 Å². The molecule has 2 rings (SSSR count). The van der Waals surface area contributed by atoms with Gasteiger partial charge in [-0.2, -0.15) is 0 Å². The number of non-ortho nitro benzene ring substituents is 1.